The topological polar surface area (TPSA) is 97.3 Å². The largest absolute Gasteiger partial charge is 0.474 e. The fraction of sp³-hybridized carbons (Fsp3) is 0.571. The van der Waals surface area contributed by atoms with E-state index in [9.17, 15) is 8.42 Å². The van der Waals surface area contributed by atoms with Gasteiger partial charge in [0.2, 0.25) is 15.9 Å². The number of fused-ring (bicyclic) bond motifs is 2. The highest BCUT2D eigenvalue weighted by Gasteiger charge is 2.52. The second-order valence-corrected chi connectivity index (χ2v) is 10.7. The van der Waals surface area contributed by atoms with Gasteiger partial charge >= 0.3 is 0 Å². The molecule has 30 heavy (non-hydrogen) atoms. The van der Waals surface area contributed by atoms with E-state index in [2.05, 4.69) is 20.3 Å². The highest BCUT2D eigenvalue weighted by atomic mass is 32.2. The molecular weight excluding hydrogens is 402 g/mol. The predicted octanol–water partition coefficient (Wildman–Crippen LogP) is 3.10. The molecule has 5 rings (SSSR count). The normalized spacial score (nSPS) is 26.5. The van der Waals surface area contributed by atoms with Gasteiger partial charge in [0.25, 0.3) is 0 Å². The molecule has 0 radical (unpaired) electrons. The minimum atomic E-state index is -3.14. The first-order chi connectivity index (χ1) is 14.4. The molecule has 1 aliphatic carbocycles. The van der Waals surface area contributed by atoms with E-state index in [0.29, 0.717) is 11.7 Å². The van der Waals surface area contributed by atoms with Gasteiger partial charge in [0, 0.05) is 31.1 Å². The summed E-state index contributed by atoms with van der Waals surface area (Å²) in [5.74, 6) is 1.24. The maximum atomic E-state index is 12.8. The van der Waals surface area contributed by atoms with Crippen molar-refractivity contribution in [3.8, 4) is 5.88 Å². The lowest BCUT2D eigenvalue weighted by atomic mass is 10.0. The van der Waals surface area contributed by atoms with E-state index in [0.717, 1.165) is 55.5 Å². The van der Waals surface area contributed by atoms with Crippen LogP contribution in [-0.4, -0.2) is 51.1 Å². The number of sulfonamides is 1. The van der Waals surface area contributed by atoms with Crippen molar-refractivity contribution in [1.82, 2.24) is 19.3 Å². The minimum Gasteiger partial charge on any atom is -0.474 e. The molecule has 2 aromatic heterocycles. The van der Waals surface area contributed by atoms with Crippen LogP contribution in [0.5, 0.6) is 5.88 Å². The number of aromatic nitrogens is 3. The second kappa shape index (κ2) is 7.46. The molecule has 1 unspecified atom stereocenters. The van der Waals surface area contributed by atoms with Crippen LogP contribution in [0, 0.1) is 13.8 Å². The van der Waals surface area contributed by atoms with Crippen LogP contribution in [-0.2, 0) is 10.0 Å². The van der Waals surface area contributed by atoms with Crippen LogP contribution in [0.3, 0.4) is 0 Å². The maximum Gasteiger partial charge on any atom is 0.221 e. The third kappa shape index (κ3) is 3.54. The summed E-state index contributed by atoms with van der Waals surface area (Å²) in [7, 11) is -3.14. The fourth-order valence-corrected chi connectivity index (χ4v) is 7.00. The lowest BCUT2D eigenvalue weighted by molar-refractivity contribution is 0.0910. The minimum absolute atomic E-state index is 0.0327. The highest BCUT2D eigenvalue weighted by molar-refractivity contribution is 7.90. The van der Waals surface area contributed by atoms with Crippen LogP contribution in [0.4, 0.5) is 11.5 Å². The van der Waals surface area contributed by atoms with E-state index in [1.807, 2.05) is 30.3 Å². The summed E-state index contributed by atoms with van der Waals surface area (Å²) in [6.45, 7) is 3.88. The van der Waals surface area contributed by atoms with Gasteiger partial charge in [-0.3, -0.25) is 4.98 Å². The Labute approximate surface area is 177 Å². The molecule has 1 N–H and O–H groups in total. The Hall–Kier alpha value is -2.26. The summed E-state index contributed by atoms with van der Waals surface area (Å²) in [5.41, 5.74) is 2.61. The standard InChI is InChI=1S/C21H27N5O3S/c1-13-20(25-19-4-3-9-22-14(19)2)23-12-24-21(13)29-17-10-15-5-6-16(11-17)26(15)30(27,28)18-7-8-18/h3-4,9,12,15-18H,5-8,10-11H2,1-2H3,(H,23,24,25)/t15-,16+,17?. The Kier molecular flexibility index (Phi) is 4.89. The van der Waals surface area contributed by atoms with Crippen molar-refractivity contribution in [2.45, 2.75) is 75.8 Å². The summed E-state index contributed by atoms with van der Waals surface area (Å²) < 4.78 is 33.7. The van der Waals surface area contributed by atoms with Crippen LogP contribution < -0.4 is 10.1 Å². The molecule has 4 heterocycles. The van der Waals surface area contributed by atoms with Crippen molar-refractivity contribution in [3.05, 3.63) is 35.9 Å². The molecule has 8 nitrogen and oxygen atoms in total. The average Bonchev–Trinajstić information content (AvgIpc) is 3.53. The van der Waals surface area contributed by atoms with Crippen LogP contribution >= 0.6 is 0 Å². The van der Waals surface area contributed by atoms with Crippen molar-refractivity contribution in [2.24, 2.45) is 0 Å². The lowest BCUT2D eigenvalue weighted by Gasteiger charge is -2.37. The zero-order valence-corrected chi connectivity index (χ0v) is 18.1. The number of anilines is 2. The average molecular weight is 430 g/mol. The van der Waals surface area contributed by atoms with Gasteiger partial charge in [-0.25, -0.2) is 18.4 Å². The smallest absolute Gasteiger partial charge is 0.221 e. The molecule has 1 saturated carbocycles. The highest BCUT2D eigenvalue weighted by Crippen LogP contribution is 2.43. The predicted molar refractivity (Wildman–Crippen MR) is 113 cm³/mol. The number of pyridine rings is 1. The van der Waals surface area contributed by atoms with Crippen molar-refractivity contribution in [1.29, 1.82) is 0 Å². The van der Waals surface area contributed by atoms with Gasteiger partial charge < -0.3 is 10.1 Å². The first-order valence-electron chi connectivity index (χ1n) is 10.6. The molecule has 3 aliphatic rings. The maximum absolute atomic E-state index is 12.8. The van der Waals surface area contributed by atoms with Crippen molar-refractivity contribution < 1.29 is 13.2 Å². The van der Waals surface area contributed by atoms with Crippen LogP contribution in [0.15, 0.2) is 24.7 Å². The molecule has 0 amide bonds. The number of ether oxygens (including phenoxy) is 1. The Balaban J connectivity index is 1.31. The van der Waals surface area contributed by atoms with Gasteiger partial charge in [0.15, 0.2) is 0 Å². The third-order valence-electron chi connectivity index (χ3n) is 6.44. The van der Waals surface area contributed by atoms with Gasteiger partial charge in [-0.15, -0.1) is 0 Å². The number of rotatable bonds is 6. The van der Waals surface area contributed by atoms with E-state index >= 15 is 0 Å². The Bertz CT molecular complexity index is 1040. The number of piperidine rings is 1. The zero-order chi connectivity index (χ0) is 20.9. The van der Waals surface area contributed by atoms with E-state index in [1.54, 1.807) is 6.20 Å². The molecule has 9 heteroatoms. The molecule has 2 bridgehead atoms. The van der Waals surface area contributed by atoms with E-state index < -0.39 is 10.0 Å². The lowest BCUT2D eigenvalue weighted by Crippen LogP contribution is -2.50. The SMILES string of the molecule is Cc1ncccc1Nc1ncnc(OC2C[C@H]3CC[C@@H](C2)N3S(=O)(=O)C2CC2)c1C. The summed E-state index contributed by atoms with van der Waals surface area (Å²) in [4.78, 5) is 13.0. The third-order valence-corrected chi connectivity index (χ3v) is 8.94. The van der Waals surface area contributed by atoms with Crippen molar-refractivity contribution >= 4 is 21.5 Å². The van der Waals surface area contributed by atoms with E-state index in [1.165, 1.54) is 6.33 Å². The Morgan fingerprint density at radius 2 is 1.80 bits per heavy atom. The molecule has 2 aliphatic heterocycles. The first-order valence-corrected chi connectivity index (χ1v) is 12.1. The Morgan fingerprint density at radius 3 is 2.47 bits per heavy atom. The number of nitrogens with one attached hydrogen (secondary N) is 1. The molecular formula is C21H27N5O3S. The molecule has 3 fully saturated rings. The number of hydrogen-bond acceptors (Lipinski definition) is 7. The molecule has 3 atom stereocenters. The zero-order valence-electron chi connectivity index (χ0n) is 17.3. The molecule has 2 saturated heterocycles. The number of aryl methyl sites for hydroxylation is 1. The second-order valence-electron chi connectivity index (χ2n) is 8.58. The number of nitrogens with zero attached hydrogens (tertiary/aromatic N) is 4. The van der Waals surface area contributed by atoms with Gasteiger partial charge in [-0.1, -0.05) is 0 Å². The van der Waals surface area contributed by atoms with E-state index in [-0.39, 0.29) is 23.4 Å². The van der Waals surface area contributed by atoms with Crippen LogP contribution in [0.1, 0.15) is 49.8 Å². The van der Waals surface area contributed by atoms with Crippen LogP contribution in [0.25, 0.3) is 0 Å². The quantitative estimate of drug-likeness (QED) is 0.753. The van der Waals surface area contributed by atoms with Gasteiger partial charge in [0.1, 0.15) is 18.2 Å². The van der Waals surface area contributed by atoms with Crippen molar-refractivity contribution in [2.75, 3.05) is 5.32 Å². The summed E-state index contributed by atoms with van der Waals surface area (Å²) in [6, 6.07) is 3.94. The molecule has 160 valence electrons. The van der Waals surface area contributed by atoms with Gasteiger partial charge in [0.05, 0.1) is 22.2 Å². The summed E-state index contributed by atoms with van der Waals surface area (Å²) >= 11 is 0. The summed E-state index contributed by atoms with van der Waals surface area (Å²) in [6.07, 6.45) is 8.12. The fourth-order valence-electron chi connectivity index (χ4n) is 4.71. The van der Waals surface area contributed by atoms with Crippen LogP contribution in [0.2, 0.25) is 0 Å². The van der Waals surface area contributed by atoms with Gasteiger partial charge in [-0.05, 0) is 51.7 Å². The van der Waals surface area contributed by atoms with E-state index in [4.69, 9.17) is 4.74 Å². The van der Waals surface area contributed by atoms with Gasteiger partial charge in [-0.2, -0.15) is 4.31 Å². The molecule has 2 aromatic rings. The van der Waals surface area contributed by atoms with Crippen molar-refractivity contribution in [3.63, 3.8) is 0 Å². The molecule has 0 spiro atoms. The summed E-state index contributed by atoms with van der Waals surface area (Å²) in [5, 5.41) is 3.17. The molecule has 0 aromatic carbocycles. The monoisotopic (exact) mass is 429 g/mol. The number of hydrogen-bond donors (Lipinski definition) is 1. The first kappa shape index (κ1) is 19.7. The Morgan fingerprint density at radius 1 is 1.07 bits per heavy atom.